The van der Waals surface area contributed by atoms with Crippen LogP contribution >= 0.6 is 0 Å². The second-order valence-corrected chi connectivity index (χ2v) is 6.60. The maximum absolute atomic E-state index is 4.82. The highest BCUT2D eigenvalue weighted by atomic mass is 15.3. The molecule has 1 aliphatic heterocycles. The van der Waals surface area contributed by atoms with Gasteiger partial charge in [0.15, 0.2) is 5.82 Å². The molecule has 140 valence electrons. The van der Waals surface area contributed by atoms with Crippen LogP contribution < -0.4 is 15.5 Å². The molecule has 0 amide bonds. The topological polar surface area (TPSA) is 83.8 Å². The van der Waals surface area contributed by atoms with Crippen LogP contribution in [-0.2, 0) is 0 Å². The van der Waals surface area contributed by atoms with E-state index < -0.39 is 0 Å². The largest absolute Gasteiger partial charge is 0.354 e. The van der Waals surface area contributed by atoms with Crippen LogP contribution in [-0.4, -0.2) is 50.9 Å². The number of hydrogen-bond donors (Lipinski definition) is 2. The van der Waals surface area contributed by atoms with Gasteiger partial charge in [-0.3, -0.25) is 4.98 Å². The number of fused-ring (bicyclic) bond motifs is 1. The fourth-order valence-electron chi connectivity index (χ4n) is 3.45. The van der Waals surface area contributed by atoms with Crippen LogP contribution in [0.3, 0.4) is 0 Å². The molecule has 0 unspecified atom stereocenters. The van der Waals surface area contributed by atoms with Gasteiger partial charge in [-0.15, -0.1) is 5.10 Å². The predicted molar refractivity (Wildman–Crippen MR) is 109 cm³/mol. The standard InChI is InChI=1S/C20H20N8/c1-2-4-17-16(3-1)20(25-18-14-22-7-8-23-18)26-28(17)15-5-6-24-19(13-15)27-11-9-21-10-12-27/h1-8,13-14,21H,9-12H2,(H,23,25,26). The van der Waals surface area contributed by atoms with Crippen LogP contribution in [0.4, 0.5) is 17.5 Å². The third kappa shape index (κ3) is 3.14. The molecular formula is C20H20N8. The number of anilines is 3. The Morgan fingerprint density at radius 3 is 2.71 bits per heavy atom. The van der Waals surface area contributed by atoms with Gasteiger partial charge < -0.3 is 15.5 Å². The van der Waals surface area contributed by atoms with Crippen molar-refractivity contribution in [1.29, 1.82) is 0 Å². The first-order chi connectivity index (χ1) is 13.9. The lowest BCUT2D eigenvalue weighted by atomic mass is 10.2. The van der Waals surface area contributed by atoms with Gasteiger partial charge in [0.05, 0.1) is 17.4 Å². The molecule has 0 atom stereocenters. The predicted octanol–water partition coefficient (Wildman–Crippen LogP) is 2.36. The monoisotopic (exact) mass is 372 g/mol. The van der Waals surface area contributed by atoms with E-state index >= 15 is 0 Å². The zero-order valence-electron chi connectivity index (χ0n) is 15.3. The first-order valence-electron chi connectivity index (χ1n) is 9.31. The molecule has 1 saturated heterocycles. The molecule has 0 spiro atoms. The smallest absolute Gasteiger partial charge is 0.162 e. The molecular weight excluding hydrogens is 352 g/mol. The molecule has 5 rings (SSSR count). The fraction of sp³-hybridized carbons (Fsp3) is 0.200. The number of rotatable bonds is 4. The van der Waals surface area contributed by atoms with Crippen molar-refractivity contribution >= 4 is 28.4 Å². The average Bonchev–Trinajstić information content (AvgIpc) is 3.14. The van der Waals surface area contributed by atoms with Crippen LogP contribution in [0.2, 0.25) is 0 Å². The van der Waals surface area contributed by atoms with Gasteiger partial charge in [-0.2, -0.15) is 0 Å². The maximum Gasteiger partial charge on any atom is 0.162 e. The highest BCUT2D eigenvalue weighted by Crippen LogP contribution is 2.28. The van der Waals surface area contributed by atoms with E-state index in [1.807, 2.05) is 29.1 Å². The number of nitrogens with one attached hydrogen (secondary N) is 2. The van der Waals surface area contributed by atoms with Crippen LogP contribution in [0.25, 0.3) is 16.6 Å². The number of para-hydroxylation sites is 1. The quantitative estimate of drug-likeness (QED) is 0.569. The van der Waals surface area contributed by atoms with E-state index in [0.717, 1.165) is 54.4 Å². The zero-order valence-corrected chi connectivity index (χ0v) is 15.3. The molecule has 8 heteroatoms. The van der Waals surface area contributed by atoms with E-state index in [1.54, 1.807) is 18.6 Å². The van der Waals surface area contributed by atoms with E-state index in [0.29, 0.717) is 5.82 Å². The Morgan fingerprint density at radius 2 is 1.86 bits per heavy atom. The van der Waals surface area contributed by atoms with Crippen LogP contribution in [0, 0.1) is 0 Å². The van der Waals surface area contributed by atoms with Crippen LogP contribution in [0.1, 0.15) is 0 Å². The Bertz CT molecular complexity index is 1090. The molecule has 1 fully saturated rings. The van der Waals surface area contributed by atoms with Crippen molar-refractivity contribution in [2.45, 2.75) is 0 Å². The summed E-state index contributed by atoms with van der Waals surface area (Å²) < 4.78 is 1.95. The lowest BCUT2D eigenvalue weighted by Gasteiger charge is -2.28. The van der Waals surface area contributed by atoms with E-state index in [-0.39, 0.29) is 0 Å². The van der Waals surface area contributed by atoms with E-state index in [9.17, 15) is 0 Å². The number of benzene rings is 1. The van der Waals surface area contributed by atoms with Gasteiger partial charge >= 0.3 is 0 Å². The molecule has 8 nitrogen and oxygen atoms in total. The van der Waals surface area contributed by atoms with Crippen molar-refractivity contribution in [2.75, 3.05) is 36.4 Å². The van der Waals surface area contributed by atoms with Crippen molar-refractivity contribution in [2.24, 2.45) is 0 Å². The third-order valence-corrected chi connectivity index (χ3v) is 4.81. The fourth-order valence-corrected chi connectivity index (χ4v) is 3.45. The van der Waals surface area contributed by atoms with Crippen LogP contribution in [0.5, 0.6) is 0 Å². The lowest BCUT2D eigenvalue weighted by molar-refractivity contribution is 0.585. The molecule has 1 aromatic carbocycles. The van der Waals surface area contributed by atoms with E-state index in [4.69, 9.17) is 5.10 Å². The normalized spacial score (nSPS) is 14.4. The van der Waals surface area contributed by atoms with Gasteiger partial charge in [0.25, 0.3) is 0 Å². The van der Waals surface area contributed by atoms with Gasteiger partial charge in [-0.05, 0) is 18.2 Å². The third-order valence-electron chi connectivity index (χ3n) is 4.81. The second-order valence-electron chi connectivity index (χ2n) is 6.60. The summed E-state index contributed by atoms with van der Waals surface area (Å²) in [6.45, 7) is 3.86. The summed E-state index contributed by atoms with van der Waals surface area (Å²) in [6.07, 6.45) is 6.84. The zero-order chi connectivity index (χ0) is 18.8. The molecule has 1 aliphatic rings. The maximum atomic E-state index is 4.82. The number of piperazine rings is 1. The average molecular weight is 372 g/mol. The van der Waals surface area contributed by atoms with Gasteiger partial charge in [-0.1, -0.05) is 12.1 Å². The van der Waals surface area contributed by atoms with Crippen molar-refractivity contribution in [1.82, 2.24) is 30.0 Å². The van der Waals surface area contributed by atoms with E-state index in [1.165, 1.54) is 0 Å². The molecule has 2 N–H and O–H groups in total. The first-order valence-corrected chi connectivity index (χ1v) is 9.31. The van der Waals surface area contributed by atoms with E-state index in [2.05, 4.69) is 48.7 Å². The SMILES string of the molecule is c1ccc2c(c1)c(Nc1cnccn1)nn2-c1ccnc(N2CCNCC2)c1. The molecule has 0 bridgehead atoms. The minimum atomic E-state index is 0.661. The Labute approximate surface area is 162 Å². The molecule has 0 saturated carbocycles. The number of hydrogen-bond acceptors (Lipinski definition) is 7. The van der Waals surface area contributed by atoms with Crippen molar-refractivity contribution in [3.63, 3.8) is 0 Å². The first kappa shape index (κ1) is 16.6. The summed E-state index contributed by atoms with van der Waals surface area (Å²) in [5, 5.41) is 12.5. The Kier molecular flexibility index (Phi) is 4.30. The summed E-state index contributed by atoms with van der Waals surface area (Å²) in [5.41, 5.74) is 2.00. The summed E-state index contributed by atoms with van der Waals surface area (Å²) in [7, 11) is 0. The molecule has 3 aromatic heterocycles. The minimum Gasteiger partial charge on any atom is -0.354 e. The highest BCUT2D eigenvalue weighted by molar-refractivity contribution is 5.92. The van der Waals surface area contributed by atoms with Crippen molar-refractivity contribution in [3.8, 4) is 5.69 Å². The number of pyridine rings is 1. The van der Waals surface area contributed by atoms with Crippen LogP contribution in [0.15, 0.2) is 61.2 Å². The minimum absolute atomic E-state index is 0.661. The van der Waals surface area contributed by atoms with Gasteiger partial charge in [0.1, 0.15) is 11.6 Å². The highest BCUT2D eigenvalue weighted by Gasteiger charge is 2.15. The number of aromatic nitrogens is 5. The summed E-state index contributed by atoms with van der Waals surface area (Å²) in [6, 6.07) is 12.2. The van der Waals surface area contributed by atoms with Gasteiger partial charge in [0, 0.05) is 56.2 Å². The summed E-state index contributed by atoms with van der Waals surface area (Å²) >= 11 is 0. The lowest BCUT2D eigenvalue weighted by Crippen LogP contribution is -2.43. The molecule has 0 aliphatic carbocycles. The second kappa shape index (κ2) is 7.24. The Hall–Kier alpha value is -3.52. The molecule has 4 heterocycles. The molecule has 4 aromatic rings. The molecule has 0 radical (unpaired) electrons. The Balaban J connectivity index is 1.56. The summed E-state index contributed by atoms with van der Waals surface area (Å²) in [4.78, 5) is 15.3. The Morgan fingerprint density at radius 1 is 0.964 bits per heavy atom. The van der Waals surface area contributed by atoms with Gasteiger partial charge in [-0.25, -0.2) is 14.6 Å². The molecule has 28 heavy (non-hydrogen) atoms. The van der Waals surface area contributed by atoms with Crippen molar-refractivity contribution < 1.29 is 0 Å². The van der Waals surface area contributed by atoms with Crippen molar-refractivity contribution in [3.05, 3.63) is 61.2 Å². The summed E-state index contributed by atoms with van der Waals surface area (Å²) in [5.74, 6) is 2.38. The van der Waals surface area contributed by atoms with Gasteiger partial charge in [0.2, 0.25) is 0 Å². The number of nitrogens with zero attached hydrogens (tertiary/aromatic N) is 6.